The Morgan fingerprint density at radius 2 is 2.25 bits per heavy atom. The Balaban J connectivity index is 1.72. The highest BCUT2D eigenvalue weighted by atomic mass is 79.9. The average Bonchev–Trinajstić information content (AvgIpc) is 2.85. The number of nitrogens with one attached hydrogen (secondary N) is 1. The van der Waals surface area contributed by atoms with E-state index in [4.69, 9.17) is 0 Å². The summed E-state index contributed by atoms with van der Waals surface area (Å²) in [5.41, 5.74) is 3.05. The van der Waals surface area contributed by atoms with Crippen LogP contribution in [0, 0.1) is 0 Å². The molecule has 86 valence electrons. The van der Waals surface area contributed by atoms with Gasteiger partial charge in [0.2, 0.25) is 0 Å². The Hall–Kier alpha value is 0.250. The van der Waals surface area contributed by atoms with Crippen LogP contribution in [0.4, 0.5) is 0 Å². The van der Waals surface area contributed by atoms with Crippen LogP contribution in [0.25, 0.3) is 0 Å². The summed E-state index contributed by atoms with van der Waals surface area (Å²) in [5, 5.41) is 5.51. The van der Waals surface area contributed by atoms with Gasteiger partial charge in [0.1, 0.15) is 0 Å². The molecule has 0 unspecified atom stereocenters. The molecule has 0 spiro atoms. The lowest BCUT2D eigenvalue weighted by atomic mass is 10.3. The lowest BCUT2D eigenvalue weighted by molar-refractivity contribution is 0.688. The Bertz CT molecular complexity index is 420. The quantitative estimate of drug-likeness (QED) is 0.790. The third-order valence-corrected chi connectivity index (χ3v) is 5.93. The van der Waals surface area contributed by atoms with E-state index in [0.29, 0.717) is 0 Å². The van der Waals surface area contributed by atoms with Gasteiger partial charge in [-0.15, -0.1) is 22.7 Å². The molecule has 6 heteroatoms. The van der Waals surface area contributed by atoms with Crippen LogP contribution in [-0.4, -0.2) is 11.5 Å². The maximum Gasteiger partial charge on any atom is 0.0843 e. The van der Waals surface area contributed by atoms with Crippen molar-refractivity contribution in [3.8, 4) is 0 Å². The van der Waals surface area contributed by atoms with Crippen molar-refractivity contribution in [1.29, 1.82) is 0 Å². The Labute approximate surface area is 119 Å². The Kier molecular flexibility index (Phi) is 4.97. The zero-order valence-corrected chi connectivity index (χ0v) is 13.2. The molecule has 2 nitrogen and oxygen atoms in total. The van der Waals surface area contributed by atoms with Crippen molar-refractivity contribution in [1.82, 2.24) is 10.3 Å². The fourth-order valence-electron chi connectivity index (χ4n) is 1.27. The van der Waals surface area contributed by atoms with E-state index in [1.165, 1.54) is 10.6 Å². The third kappa shape index (κ3) is 3.63. The first kappa shape index (κ1) is 12.7. The van der Waals surface area contributed by atoms with Gasteiger partial charge in [-0.2, -0.15) is 0 Å². The van der Waals surface area contributed by atoms with Crippen LogP contribution in [0.3, 0.4) is 0 Å². The first-order valence-corrected chi connectivity index (χ1v) is 8.11. The molecule has 0 radical (unpaired) electrons. The lowest BCUT2D eigenvalue weighted by Crippen LogP contribution is -2.15. The SMILES string of the molecule is Brc1cc(CNCCc2cscn2)sc1Br. The van der Waals surface area contributed by atoms with Gasteiger partial charge < -0.3 is 5.32 Å². The minimum atomic E-state index is 0.916. The van der Waals surface area contributed by atoms with E-state index in [1.54, 1.807) is 22.7 Å². The number of hydrogen-bond donors (Lipinski definition) is 1. The second kappa shape index (κ2) is 6.26. The summed E-state index contributed by atoms with van der Waals surface area (Å²) in [5.74, 6) is 0. The summed E-state index contributed by atoms with van der Waals surface area (Å²) >= 11 is 10.4. The maximum absolute atomic E-state index is 4.25. The van der Waals surface area contributed by atoms with E-state index in [2.05, 4.69) is 53.6 Å². The topological polar surface area (TPSA) is 24.9 Å². The maximum atomic E-state index is 4.25. The molecule has 0 aliphatic heterocycles. The second-order valence-electron chi connectivity index (χ2n) is 3.24. The first-order valence-electron chi connectivity index (χ1n) is 4.77. The van der Waals surface area contributed by atoms with Gasteiger partial charge in [0, 0.05) is 34.2 Å². The Morgan fingerprint density at radius 3 is 2.88 bits per heavy atom. The second-order valence-corrected chi connectivity index (χ2v) is 7.27. The van der Waals surface area contributed by atoms with Gasteiger partial charge in [0.15, 0.2) is 0 Å². The highest BCUT2D eigenvalue weighted by Gasteiger charge is 2.03. The summed E-state index contributed by atoms with van der Waals surface area (Å²) in [6.07, 6.45) is 0.997. The zero-order valence-electron chi connectivity index (χ0n) is 8.37. The summed E-state index contributed by atoms with van der Waals surface area (Å²) in [7, 11) is 0. The predicted molar refractivity (Wildman–Crippen MR) is 77.2 cm³/mol. The van der Waals surface area contributed by atoms with Gasteiger partial charge in [-0.05, 0) is 37.9 Å². The summed E-state index contributed by atoms with van der Waals surface area (Å²) < 4.78 is 2.29. The normalized spacial score (nSPS) is 10.9. The molecule has 2 heterocycles. The van der Waals surface area contributed by atoms with Gasteiger partial charge in [0.05, 0.1) is 15.0 Å². The summed E-state index contributed by atoms with van der Waals surface area (Å²) in [4.78, 5) is 5.58. The smallest absolute Gasteiger partial charge is 0.0843 e. The number of halogens is 2. The van der Waals surface area contributed by atoms with Crippen molar-refractivity contribution in [3.05, 3.63) is 35.8 Å². The van der Waals surface area contributed by atoms with Crippen LogP contribution in [0.5, 0.6) is 0 Å². The molecular formula is C10H10Br2N2S2. The molecule has 2 aromatic rings. The van der Waals surface area contributed by atoms with Crippen molar-refractivity contribution in [2.45, 2.75) is 13.0 Å². The van der Waals surface area contributed by atoms with Crippen molar-refractivity contribution in [3.63, 3.8) is 0 Å². The molecule has 2 aromatic heterocycles. The molecule has 0 aliphatic carbocycles. The van der Waals surface area contributed by atoms with Crippen LogP contribution >= 0.6 is 54.5 Å². The zero-order chi connectivity index (χ0) is 11.4. The molecule has 0 saturated carbocycles. The molecule has 0 aromatic carbocycles. The van der Waals surface area contributed by atoms with Crippen molar-refractivity contribution in [2.24, 2.45) is 0 Å². The minimum Gasteiger partial charge on any atom is -0.311 e. The lowest BCUT2D eigenvalue weighted by Gasteiger charge is -2.00. The molecule has 0 aliphatic rings. The largest absolute Gasteiger partial charge is 0.311 e. The molecule has 0 saturated heterocycles. The standard InChI is InChI=1S/C10H10Br2N2S2/c11-9-3-8(16-10(9)12)4-13-2-1-7-5-15-6-14-7/h3,5-6,13H,1-2,4H2. The van der Waals surface area contributed by atoms with Crippen LogP contribution < -0.4 is 5.32 Å². The molecular weight excluding hydrogens is 372 g/mol. The van der Waals surface area contributed by atoms with Crippen LogP contribution in [0.2, 0.25) is 0 Å². The highest BCUT2D eigenvalue weighted by molar-refractivity contribution is 9.13. The van der Waals surface area contributed by atoms with Gasteiger partial charge in [-0.25, -0.2) is 4.98 Å². The van der Waals surface area contributed by atoms with E-state index < -0.39 is 0 Å². The third-order valence-electron chi connectivity index (χ3n) is 2.04. The van der Waals surface area contributed by atoms with Crippen LogP contribution in [0.1, 0.15) is 10.6 Å². The van der Waals surface area contributed by atoms with E-state index >= 15 is 0 Å². The number of rotatable bonds is 5. The molecule has 1 N–H and O–H groups in total. The summed E-state index contributed by atoms with van der Waals surface area (Å²) in [6.45, 7) is 1.88. The van der Waals surface area contributed by atoms with Crippen LogP contribution in [0.15, 0.2) is 25.2 Å². The molecule has 2 rings (SSSR count). The number of aromatic nitrogens is 1. The van der Waals surface area contributed by atoms with Gasteiger partial charge in [-0.3, -0.25) is 0 Å². The van der Waals surface area contributed by atoms with Gasteiger partial charge in [-0.1, -0.05) is 0 Å². The number of hydrogen-bond acceptors (Lipinski definition) is 4. The van der Waals surface area contributed by atoms with Crippen molar-refractivity contribution < 1.29 is 0 Å². The van der Waals surface area contributed by atoms with Crippen molar-refractivity contribution >= 4 is 54.5 Å². The predicted octanol–water partition coefficient (Wildman–Crippen LogP) is 4.06. The molecule has 16 heavy (non-hydrogen) atoms. The average molecular weight is 382 g/mol. The van der Waals surface area contributed by atoms with E-state index in [9.17, 15) is 0 Å². The van der Waals surface area contributed by atoms with E-state index in [0.717, 1.165) is 27.8 Å². The van der Waals surface area contributed by atoms with E-state index in [1.807, 2.05) is 5.51 Å². The molecule has 0 amide bonds. The molecule has 0 fully saturated rings. The molecule has 0 atom stereocenters. The number of thiazole rings is 1. The fraction of sp³-hybridized carbons (Fsp3) is 0.300. The number of thiophene rings is 1. The van der Waals surface area contributed by atoms with Crippen LogP contribution in [-0.2, 0) is 13.0 Å². The first-order chi connectivity index (χ1) is 7.75. The van der Waals surface area contributed by atoms with Gasteiger partial charge >= 0.3 is 0 Å². The van der Waals surface area contributed by atoms with E-state index in [-0.39, 0.29) is 0 Å². The fourth-order valence-corrected chi connectivity index (χ4v) is 4.01. The molecule has 0 bridgehead atoms. The van der Waals surface area contributed by atoms with Gasteiger partial charge in [0.25, 0.3) is 0 Å². The highest BCUT2D eigenvalue weighted by Crippen LogP contribution is 2.32. The van der Waals surface area contributed by atoms with Crippen molar-refractivity contribution in [2.75, 3.05) is 6.54 Å². The monoisotopic (exact) mass is 380 g/mol. The number of nitrogens with zero attached hydrogens (tertiary/aromatic N) is 1. The minimum absolute atomic E-state index is 0.916. The summed E-state index contributed by atoms with van der Waals surface area (Å²) in [6, 6.07) is 2.14. The Morgan fingerprint density at radius 1 is 1.38 bits per heavy atom.